The number of hydrogen-bond donors (Lipinski definition) is 3. The molecule has 0 aromatic rings. The van der Waals surface area contributed by atoms with E-state index in [2.05, 4.69) is 0 Å². The summed E-state index contributed by atoms with van der Waals surface area (Å²) in [4.78, 5) is 10.6. The number of rotatable bonds is 6. The molecule has 3 N–H and O–H groups in total. The predicted molar refractivity (Wildman–Crippen MR) is 51.8 cm³/mol. The van der Waals surface area contributed by atoms with Crippen LogP contribution in [0.15, 0.2) is 0 Å². The van der Waals surface area contributed by atoms with Gasteiger partial charge in [-0.05, 0) is 13.8 Å². The van der Waals surface area contributed by atoms with E-state index in [1.807, 2.05) is 0 Å². The van der Waals surface area contributed by atoms with E-state index in [0.29, 0.717) is 11.5 Å². The molecule has 0 aliphatic carbocycles. The SMILES string of the molecule is CC(C)(CSCC(O)CO)C(=O)O. The Hall–Kier alpha value is -0.260. The Morgan fingerprint density at radius 1 is 1.54 bits per heavy atom. The zero-order valence-corrected chi connectivity index (χ0v) is 8.67. The second-order valence-corrected chi connectivity index (χ2v) is 4.57. The number of aliphatic carboxylic acids is 1. The zero-order valence-electron chi connectivity index (χ0n) is 7.86. The first kappa shape index (κ1) is 12.7. The molecule has 78 valence electrons. The van der Waals surface area contributed by atoms with Crippen molar-refractivity contribution in [2.45, 2.75) is 20.0 Å². The highest BCUT2D eigenvalue weighted by atomic mass is 32.2. The average Bonchev–Trinajstić information content (AvgIpc) is 2.03. The van der Waals surface area contributed by atoms with Crippen LogP contribution in [0, 0.1) is 5.41 Å². The van der Waals surface area contributed by atoms with Gasteiger partial charge >= 0.3 is 5.97 Å². The van der Waals surface area contributed by atoms with E-state index >= 15 is 0 Å². The number of aliphatic hydroxyl groups is 2. The molecule has 0 saturated heterocycles. The van der Waals surface area contributed by atoms with Gasteiger partial charge in [-0.3, -0.25) is 4.79 Å². The molecule has 0 bridgehead atoms. The van der Waals surface area contributed by atoms with Gasteiger partial charge in [0.05, 0.1) is 18.1 Å². The maximum absolute atomic E-state index is 10.6. The summed E-state index contributed by atoms with van der Waals surface area (Å²) in [7, 11) is 0. The Bertz CT molecular complexity index is 170. The van der Waals surface area contributed by atoms with Crippen LogP contribution in [0.1, 0.15) is 13.8 Å². The predicted octanol–water partition coefficient (Wildman–Crippen LogP) is 0.184. The molecule has 0 aliphatic heterocycles. The third kappa shape index (κ3) is 5.13. The van der Waals surface area contributed by atoms with Gasteiger partial charge in [0.15, 0.2) is 0 Å². The largest absolute Gasteiger partial charge is 0.481 e. The van der Waals surface area contributed by atoms with Crippen molar-refractivity contribution in [2.75, 3.05) is 18.1 Å². The molecule has 0 amide bonds. The lowest BCUT2D eigenvalue weighted by atomic mass is 9.97. The smallest absolute Gasteiger partial charge is 0.309 e. The van der Waals surface area contributed by atoms with E-state index in [0.717, 1.165) is 0 Å². The van der Waals surface area contributed by atoms with Gasteiger partial charge in [-0.1, -0.05) is 0 Å². The molecule has 0 fully saturated rings. The fourth-order valence-electron chi connectivity index (χ4n) is 0.565. The molecule has 0 heterocycles. The normalized spacial score (nSPS) is 14.2. The van der Waals surface area contributed by atoms with Crippen LogP contribution in [-0.2, 0) is 4.79 Å². The van der Waals surface area contributed by atoms with Crippen LogP contribution in [0.3, 0.4) is 0 Å². The van der Waals surface area contributed by atoms with Gasteiger partial charge < -0.3 is 15.3 Å². The molecule has 1 unspecified atom stereocenters. The summed E-state index contributed by atoms with van der Waals surface area (Å²) in [5.74, 6) is -0.0504. The Morgan fingerprint density at radius 2 is 2.08 bits per heavy atom. The maximum atomic E-state index is 10.6. The lowest BCUT2D eigenvalue weighted by molar-refractivity contribution is -0.145. The van der Waals surface area contributed by atoms with E-state index in [4.69, 9.17) is 15.3 Å². The summed E-state index contributed by atoms with van der Waals surface area (Å²) in [5.41, 5.74) is -0.778. The number of aliphatic hydroxyl groups excluding tert-OH is 2. The second-order valence-electron chi connectivity index (χ2n) is 3.54. The van der Waals surface area contributed by atoms with Gasteiger partial charge in [0.1, 0.15) is 0 Å². The summed E-state index contributed by atoms with van der Waals surface area (Å²) in [6, 6.07) is 0. The van der Waals surface area contributed by atoms with Crippen LogP contribution in [-0.4, -0.2) is 45.5 Å². The van der Waals surface area contributed by atoms with Crippen molar-refractivity contribution in [3.05, 3.63) is 0 Å². The molecular formula is C8H16O4S. The fourth-order valence-corrected chi connectivity index (χ4v) is 1.69. The van der Waals surface area contributed by atoms with Crippen LogP contribution in [0.2, 0.25) is 0 Å². The van der Waals surface area contributed by atoms with Gasteiger partial charge in [0.25, 0.3) is 0 Å². The Labute approximate surface area is 82.0 Å². The highest BCUT2D eigenvalue weighted by Crippen LogP contribution is 2.22. The van der Waals surface area contributed by atoms with Gasteiger partial charge in [-0.25, -0.2) is 0 Å². The molecule has 1 atom stereocenters. The first-order valence-electron chi connectivity index (χ1n) is 4.00. The van der Waals surface area contributed by atoms with Crippen molar-refractivity contribution in [1.82, 2.24) is 0 Å². The molecule has 0 rings (SSSR count). The van der Waals surface area contributed by atoms with E-state index < -0.39 is 17.5 Å². The monoisotopic (exact) mass is 208 g/mol. The van der Waals surface area contributed by atoms with E-state index in [1.54, 1.807) is 13.8 Å². The second kappa shape index (κ2) is 5.47. The molecule has 0 radical (unpaired) electrons. The number of carboxylic acids is 1. The van der Waals surface area contributed by atoms with Gasteiger partial charge in [-0.15, -0.1) is 0 Å². The average molecular weight is 208 g/mol. The van der Waals surface area contributed by atoms with Gasteiger partial charge in [0, 0.05) is 11.5 Å². The van der Waals surface area contributed by atoms with Gasteiger partial charge in [-0.2, -0.15) is 11.8 Å². The summed E-state index contributed by atoms with van der Waals surface area (Å²) < 4.78 is 0. The minimum atomic E-state index is -0.849. The van der Waals surface area contributed by atoms with Crippen molar-refractivity contribution in [3.63, 3.8) is 0 Å². The fraction of sp³-hybridized carbons (Fsp3) is 0.875. The molecular weight excluding hydrogens is 192 g/mol. The van der Waals surface area contributed by atoms with Crippen LogP contribution >= 0.6 is 11.8 Å². The van der Waals surface area contributed by atoms with Crippen molar-refractivity contribution in [2.24, 2.45) is 5.41 Å². The van der Waals surface area contributed by atoms with E-state index in [1.165, 1.54) is 11.8 Å². The summed E-state index contributed by atoms with van der Waals surface area (Å²) in [6.45, 7) is 2.99. The number of thioether (sulfide) groups is 1. The standard InChI is InChI=1S/C8H16O4S/c1-8(2,7(11)12)5-13-4-6(10)3-9/h6,9-10H,3-5H2,1-2H3,(H,11,12). The Balaban J connectivity index is 3.70. The van der Waals surface area contributed by atoms with Crippen LogP contribution in [0.25, 0.3) is 0 Å². The minimum Gasteiger partial charge on any atom is -0.481 e. The molecule has 0 spiro atoms. The van der Waals surface area contributed by atoms with Crippen molar-refractivity contribution < 1.29 is 20.1 Å². The Kier molecular flexibility index (Phi) is 5.36. The maximum Gasteiger partial charge on any atom is 0.309 e. The van der Waals surface area contributed by atoms with Gasteiger partial charge in [0.2, 0.25) is 0 Å². The quantitative estimate of drug-likeness (QED) is 0.580. The Morgan fingerprint density at radius 3 is 2.46 bits per heavy atom. The minimum absolute atomic E-state index is 0.277. The van der Waals surface area contributed by atoms with Crippen LogP contribution < -0.4 is 0 Å². The van der Waals surface area contributed by atoms with Crippen LogP contribution in [0.5, 0.6) is 0 Å². The third-order valence-electron chi connectivity index (χ3n) is 1.56. The molecule has 5 heteroatoms. The molecule has 0 aromatic carbocycles. The zero-order chi connectivity index (χ0) is 10.5. The summed E-state index contributed by atoms with van der Waals surface area (Å²) >= 11 is 1.33. The molecule has 0 aromatic heterocycles. The van der Waals surface area contributed by atoms with Crippen molar-refractivity contribution in [1.29, 1.82) is 0 Å². The van der Waals surface area contributed by atoms with E-state index in [9.17, 15) is 4.79 Å². The summed E-state index contributed by atoms with van der Waals surface area (Å²) in [6.07, 6.45) is -0.755. The lowest BCUT2D eigenvalue weighted by Gasteiger charge is -2.18. The first-order chi connectivity index (χ1) is 5.90. The highest BCUT2D eigenvalue weighted by Gasteiger charge is 2.26. The van der Waals surface area contributed by atoms with Crippen LogP contribution in [0.4, 0.5) is 0 Å². The number of carboxylic acid groups (broad SMARTS) is 1. The molecule has 0 saturated carbocycles. The lowest BCUT2D eigenvalue weighted by Crippen LogP contribution is -2.27. The van der Waals surface area contributed by atoms with E-state index in [-0.39, 0.29) is 6.61 Å². The topological polar surface area (TPSA) is 77.8 Å². The third-order valence-corrected chi connectivity index (χ3v) is 3.11. The highest BCUT2D eigenvalue weighted by molar-refractivity contribution is 7.99. The van der Waals surface area contributed by atoms with Crippen molar-refractivity contribution >= 4 is 17.7 Å². The number of carbonyl (C=O) groups is 1. The number of hydrogen-bond acceptors (Lipinski definition) is 4. The first-order valence-corrected chi connectivity index (χ1v) is 5.15. The van der Waals surface area contributed by atoms with Crippen molar-refractivity contribution in [3.8, 4) is 0 Å². The molecule has 0 aliphatic rings. The summed E-state index contributed by atoms with van der Waals surface area (Å²) in [5, 5.41) is 26.2. The molecule has 13 heavy (non-hydrogen) atoms. The molecule has 4 nitrogen and oxygen atoms in total.